The number of allylic oxidation sites excluding steroid dienone is 1. The standard InChI is InChI=1S/C21H17BrClN3O3S/c1-29-18-7-12(6-17(22)20(18)28)15-8-19(27)26-10-25(11-30-21(26)16(15)9-24)14-4-2-13(23)3-5-14/h2-7,15,28H,8,10-11H2,1H3/t15-/m1/s1. The largest absolute Gasteiger partial charge is 0.503 e. The van der Waals surface area contributed by atoms with E-state index in [4.69, 9.17) is 16.3 Å². The summed E-state index contributed by atoms with van der Waals surface area (Å²) in [5.41, 5.74) is 2.26. The van der Waals surface area contributed by atoms with E-state index in [0.29, 0.717) is 38.4 Å². The van der Waals surface area contributed by atoms with Gasteiger partial charge in [-0.05, 0) is 57.9 Å². The molecule has 0 radical (unpaired) electrons. The molecule has 0 aliphatic carbocycles. The van der Waals surface area contributed by atoms with E-state index in [1.165, 1.54) is 18.9 Å². The Bertz CT molecular complexity index is 1080. The number of carbonyl (C=O) groups is 1. The number of methoxy groups -OCH3 is 1. The summed E-state index contributed by atoms with van der Waals surface area (Å²) in [7, 11) is 1.46. The number of amides is 1. The van der Waals surface area contributed by atoms with Gasteiger partial charge in [-0.3, -0.25) is 9.69 Å². The third-order valence-electron chi connectivity index (χ3n) is 5.16. The molecule has 1 atom stereocenters. The van der Waals surface area contributed by atoms with Crippen LogP contribution in [0.2, 0.25) is 5.02 Å². The molecule has 2 aromatic carbocycles. The topological polar surface area (TPSA) is 76.8 Å². The van der Waals surface area contributed by atoms with Crippen LogP contribution in [0.3, 0.4) is 0 Å². The van der Waals surface area contributed by atoms with Crippen LogP contribution in [0, 0.1) is 11.3 Å². The Kier molecular flexibility index (Phi) is 5.87. The quantitative estimate of drug-likeness (QED) is 0.629. The Labute approximate surface area is 191 Å². The first-order chi connectivity index (χ1) is 14.4. The van der Waals surface area contributed by atoms with Gasteiger partial charge in [0.1, 0.15) is 0 Å². The number of nitrogens with zero attached hydrogens (tertiary/aromatic N) is 3. The van der Waals surface area contributed by atoms with E-state index in [1.807, 2.05) is 24.3 Å². The minimum atomic E-state index is -0.394. The SMILES string of the molecule is COc1cc([C@H]2CC(=O)N3CN(c4ccc(Cl)cc4)CSC3=C2C#N)cc(Br)c1O. The van der Waals surface area contributed by atoms with Gasteiger partial charge in [0.25, 0.3) is 0 Å². The highest BCUT2D eigenvalue weighted by Crippen LogP contribution is 2.46. The number of aromatic hydroxyl groups is 1. The van der Waals surface area contributed by atoms with Crippen molar-refractivity contribution in [3.8, 4) is 17.6 Å². The second kappa shape index (κ2) is 8.42. The van der Waals surface area contributed by atoms with Crippen molar-refractivity contribution < 1.29 is 14.6 Å². The summed E-state index contributed by atoms with van der Waals surface area (Å²) in [5, 5.41) is 21.4. The van der Waals surface area contributed by atoms with Crippen LogP contribution in [0.1, 0.15) is 17.9 Å². The molecule has 1 N–H and O–H groups in total. The van der Waals surface area contributed by atoms with Crippen molar-refractivity contribution in [1.29, 1.82) is 5.26 Å². The first-order valence-corrected chi connectivity index (χ1v) is 11.2. The first-order valence-electron chi connectivity index (χ1n) is 9.07. The van der Waals surface area contributed by atoms with Crippen molar-refractivity contribution in [2.24, 2.45) is 0 Å². The maximum absolute atomic E-state index is 13.0. The van der Waals surface area contributed by atoms with Crippen LogP contribution >= 0.6 is 39.3 Å². The first kappa shape index (κ1) is 20.9. The summed E-state index contributed by atoms with van der Waals surface area (Å²) in [6, 6.07) is 13.2. The van der Waals surface area contributed by atoms with Gasteiger partial charge in [0, 0.05) is 23.0 Å². The van der Waals surface area contributed by atoms with Gasteiger partial charge in [0.15, 0.2) is 11.5 Å². The number of rotatable bonds is 3. The molecule has 6 nitrogen and oxygen atoms in total. The average molecular weight is 507 g/mol. The zero-order valence-electron chi connectivity index (χ0n) is 15.9. The number of halogens is 2. The summed E-state index contributed by atoms with van der Waals surface area (Å²) in [6.45, 7) is 0.378. The molecule has 2 heterocycles. The van der Waals surface area contributed by atoms with Gasteiger partial charge in [-0.2, -0.15) is 5.26 Å². The normalized spacial score (nSPS) is 18.9. The number of carbonyl (C=O) groups excluding carboxylic acids is 1. The van der Waals surface area contributed by atoms with E-state index < -0.39 is 5.92 Å². The van der Waals surface area contributed by atoms with E-state index in [-0.39, 0.29) is 18.1 Å². The number of fused-ring (bicyclic) bond motifs is 1. The minimum Gasteiger partial charge on any atom is -0.503 e. The molecule has 1 fully saturated rings. The van der Waals surface area contributed by atoms with Crippen molar-refractivity contribution in [2.45, 2.75) is 12.3 Å². The monoisotopic (exact) mass is 505 g/mol. The fourth-order valence-electron chi connectivity index (χ4n) is 3.61. The maximum Gasteiger partial charge on any atom is 0.229 e. The number of nitriles is 1. The number of anilines is 1. The Hall–Kier alpha value is -2.34. The third kappa shape index (κ3) is 3.73. The summed E-state index contributed by atoms with van der Waals surface area (Å²) in [5.74, 6) is 0.447. The van der Waals surface area contributed by atoms with E-state index in [0.717, 1.165) is 11.3 Å². The highest BCUT2D eigenvalue weighted by molar-refractivity contribution is 9.10. The molecule has 0 bridgehead atoms. The van der Waals surface area contributed by atoms with Crippen LogP contribution in [0.4, 0.5) is 5.69 Å². The molecule has 154 valence electrons. The zero-order valence-corrected chi connectivity index (χ0v) is 19.1. The van der Waals surface area contributed by atoms with E-state index in [2.05, 4.69) is 26.9 Å². The van der Waals surface area contributed by atoms with Gasteiger partial charge in [-0.15, -0.1) is 0 Å². The smallest absolute Gasteiger partial charge is 0.229 e. The molecule has 0 aromatic heterocycles. The van der Waals surface area contributed by atoms with Crippen LogP contribution in [0.5, 0.6) is 11.5 Å². The minimum absolute atomic E-state index is 0.0122. The van der Waals surface area contributed by atoms with Gasteiger partial charge < -0.3 is 14.7 Å². The lowest BCUT2D eigenvalue weighted by molar-refractivity contribution is -0.129. The molecule has 30 heavy (non-hydrogen) atoms. The highest BCUT2D eigenvalue weighted by Gasteiger charge is 2.38. The van der Waals surface area contributed by atoms with Crippen LogP contribution in [-0.4, -0.2) is 35.6 Å². The fourth-order valence-corrected chi connectivity index (χ4v) is 5.37. The number of thioether (sulfide) groups is 1. The molecule has 0 spiro atoms. The Balaban J connectivity index is 1.69. The number of phenols is 1. The lowest BCUT2D eigenvalue weighted by atomic mass is 9.86. The van der Waals surface area contributed by atoms with Crippen molar-refractivity contribution >= 4 is 50.9 Å². The van der Waals surface area contributed by atoms with Crippen molar-refractivity contribution in [2.75, 3.05) is 24.6 Å². The average Bonchev–Trinajstić information content (AvgIpc) is 2.76. The van der Waals surface area contributed by atoms with Crippen molar-refractivity contribution in [3.05, 3.63) is 62.1 Å². The summed E-state index contributed by atoms with van der Waals surface area (Å²) in [6.07, 6.45) is 0.168. The van der Waals surface area contributed by atoms with Crippen LogP contribution in [0.15, 0.2) is 51.5 Å². The molecule has 0 saturated carbocycles. The maximum atomic E-state index is 13.0. The number of ether oxygens (including phenoxy) is 1. The van der Waals surface area contributed by atoms with E-state index >= 15 is 0 Å². The number of hydrogen-bond donors (Lipinski definition) is 1. The Morgan fingerprint density at radius 2 is 2.07 bits per heavy atom. The third-order valence-corrected chi connectivity index (χ3v) is 7.17. The molecule has 2 aliphatic rings. The zero-order chi connectivity index (χ0) is 21.4. The molecule has 9 heteroatoms. The Morgan fingerprint density at radius 3 is 2.73 bits per heavy atom. The number of benzene rings is 2. The van der Waals surface area contributed by atoms with Crippen LogP contribution < -0.4 is 9.64 Å². The van der Waals surface area contributed by atoms with Gasteiger partial charge >= 0.3 is 0 Å². The van der Waals surface area contributed by atoms with Crippen LogP contribution in [-0.2, 0) is 4.79 Å². The van der Waals surface area contributed by atoms with Gasteiger partial charge in [0.2, 0.25) is 5.91 Å². The van der Waals surface area contributed by atoms with Crippen LogP contribution in [0.25, 0.3) is 0 Å². The van der Waals surface area contributed by atoms with Gasteiger partial charge in [-0.1, -0.05) is 23.4 Å². The predicted octanol–water partition coefficient (Wildman–Crippen LogP) is 5.04. The molecule has 2 aromatic rings. The number of phenolic OH excluding ortho intramolecular Hbond substituents is 1. The highest BCUT2D eigenvalue weighted by atomic mass is 79.9. The van der Waals surface area contributed by atoms with Gasteiger partial charge in [-0.25, -0.2) is 0 Å². The predicted molar refractivity (Wildman–Crippen MR) is 120 cm³/mol. The molecule has 1 amide bonds. The molecule has 1 saturated heterocycles. The van der Waals surface area contributed by atoms with Gasteiger partial charge in [0.05, 0.1) is 40.8 Å². The lowest BCUT2D eigenvalue weighted by Crippen LogP contribution is -2.47. The second-order valence-corrected chi connectivity index (χ2v) is 9.12. The summed E-state index contributed by atoms with van der Waals surface area (Å²) in [4.78, 5) is 16.8. The number of hydrogen-bond acceptors (Lipinski definition) is 6. The van der Waals surface area contributed by atoms with Crippen molar-refractivity contribution in [3.63, 3.8) is 0 Å². The fraction of sp³-hybridized carbons (Fsp3) is 0.238. The summed E-state index contributed by atoms with van der Waals surface area (Å²) < 4.78 is 5.69. The Morgan fingerprint density at radius 1 is 1.33 bits per heavy atom. The molecule has 4 rings (SSSR count). The second-order valence-electron chi connectivity index (χ2n) is 6.89. The lowest BCUT2D eigenvalue weighted by Gasteiger charge is -2.42. The summed E-state index contributed by atoms with van der Waals surface area (Å²) >= 11 is 10.8. The molecular weight excluding hydrogens is 490 g/mol. The molecule has 0 unspecified atom stereocenters. The molecular formula is C21H17BrClN3O3S. The molecule has 2 aliphatic heterocycles. The van der Waals surface area contributed by atoms with Crippen molar-refractivity contribution in [1.82, 2.24) is 4.90 Å². The van der Waals surface area contributed by atoms with E-state index in [1.54, 1.807) is 17.0 Å². The van der Waals surface area contributed by atoms with E-state index in [9.17, 15) is 15.2 Å².